The lowest BCUT2D eigenvalue weighted by Gasteiger charge is -2.08. The van der Waals surface area contributed by atoms with Gasteiger partial charge < -0.3 is 9.67 Å². The van der Waals surface area contributed by atoms with Crippen LogP contribution in [-0.2, 0) is 6.54 Å². The second-order valence-corrected chi connectivity index (χ2v) is 5.32. The maximum atomic E-state index is 9.66. The third-order valence-electron chi connectivity index (χ3n) is 3.22. The molecule has 102 valence electrons. The van der Waals surface area contributed by atoms with Crippen LogP contribution in [0.2, 0.25) is 10.0 Å². The highest BCUT2D eigenvalue weighted by Crippen LogP contribution is 2.33. The highest BCUT2D eigenvalue weighted by atomic mass is 35.5. The highest BCUT2D eigenvalue weighted by Gasteiger charge is 2.15. The summed E-state index contributed by atoms with van der Waals surface area (Å²) in [5, 5.41) is 10.9. The van der Waals surface area contributed by atoms with Crippen molar-refractivity contribution in [2.75, 3.05) is 0 Å². The smallest absolute Gasteiger partial charge is 0.142 e. The van der Waals surface area contributed by atoms with Gasteiger partial charge in [0.2, 0.25) is 0 Å². The Bertz CT molecular complexity index is 796. The van der Waals surface area contributed by atoms with Crippen molar-refractivity contribution in [3.8, 4) is 17.1 Å². The summed E-state index contributed by atoms with van der Waals surface area (Å²) in [7, 11) is 0. The van der Waals surface area contributed by atoms with Crippen molar-refractivity contribution >= 4 is 34.2 Å². The average Bonchev–Trinajstić information content (AvgIpc) is 2.78. The molecule has 1 aromatic heterocycles. The van der Waals surface area contributed by atoms with E-state index in [0.29, 0.717) is 15.6 Å². The molecule has 20 heavy (non-hydrogen) atoms. The number of nitrogens with zero attached hydrogens (tertiary/aromatic N) is 2. The molecule has 2 aromatic carbocycles. The van der Waals surface area contributed by atoms with Gasteiger partial charge in [0.05, 0.1) is 16.1 Å². The first-order valence-electron chi connectivity index (χ1n) is 6.25. The van der Waals surface area contributed by atoms with Gasteiger partial charge in [0, 0.05) is 17.1 Å². The molecule has 0 saturated carbocycles. The number of phenols is 1. The van der Waals surface area contributed by atoms with Crippen LogP contribution in [0.1, 0.15) is 6.92 Å². The fourth-order valence-electron chi connectivity index (χ4n) is 2.31. The number of benzene rings is 2. The van der Waals surface area contributed by atoms with E-state index in [9.17, 15) is 5.11 Å². The molecule has 0 atom stereocenters. The monoisotopic (exact) mass is 306 g/mol. The molecule has 0 unspecified atom stereocenters. The van der Waals surface area contributed by atoms with E-state index in [2.05, 4.69) is 4.98 Å². The first-order chi connectivity index (χ1) is 9.60. The molecule has 1 heterocycles. The lowest BCUT2D eigenvalue weighted by Crippen LogP contribution is -1.97. The van der Waals surface area contributed by atoms with Gasteiger partial charge in [0.15, 0.2) is 0 Å². The standard InChI is InChI=1S/C15H12Cl2N2O/c1-2-19-14-6-3-9(16)7-13(14)18-15(19)11-8-10(20)4-5-12(11)17/h3-8,20H,2H2,1H3. The Morgan fingerprint density at radius 3 is 2.70 bits per heavy atom. The van der Waals surface area contributed by atoms with Gasteiger partial charge in [-0.2, -0.15) is 0 Å². The van der Waals surface area contributed by atoms with Crippen LogP contribution in [0.5, 0.6) is 5.75 Å². The Balaban J connectivity index is 2.32. The number of aromatic hydroxyl groups is 1. The fourth-order valence-corrected chi connectivity index (χ4v) is 2.68. The molecule has 3 rings (SSSR count). The van der Waals surface area contributed by atoms with Crippen LogP contribution >= 0.6 is 23.2 Å². The number of phenolic OH excluding ortho intramolecular Hbond substituents is 1. The predicted octanol–water partition coefficient (Wildman–Crippen LogP) is 4.74. The minimum atomic E-state index is 0.164. The molecular weight excluding hydrogens is 295 g/mol. The number of aromatic nitrogens is 2. The van der Waals surface area contributed by atoms with Crippen molar-refractivity contribution in [1.29, 1.82) is 0 Å². The quantitative estimate of drug-likeness (QED) is 0.743. The molecule has 0 saturated heterocycles. The zero-order valence-corrected chi connectivity index (χ0v) is 12.3. The molecule has 3 aromatic rings. The SMILES string of the molecule is CCn1c(-c2cc(O)ccc2Cl)nc2cc(Cl)ccc21. The zero-order valence-electron chi connectivity index (χ0n) is 10.8. The summed E-state index contributed by atoms with van der Waals surface area (Å²) in [6.45, 7) is 2.79. The van der Waals surface area contributed by atoms with Crippen LogP contribution in [0.25, 0.3) is 22.4 Å². The van der Waals surface area contributed by atoms with Gasteiger partial charge in [-0.25, -0.2) is 4.98 Å². The van der Waals surface area contributed by atoms with Crippen molar-refractivity contribution < 1.29 is 5.11 Å². The van der Waals surface area contributed by atoms with Crippen LogP contribution in [0, 0.1) is 0 Å². The molecule has 3 nitrogen and oxygen atoms in total. The largest absolute Gasteiger partial charge is 0.508 e. The first-order valence-corrected chi connectivity index (χ1v) is 7.00. The number of imidazole rings is 1. The van der Waals surface area contributed by atoms with Gasteiger partial charge in [-0.3, -0.25) is 0 Å². The second kappa shape index (κ2) is 5.00. The average molecular weight is 307 g/mol. The molecule has 0 radical (unpaired) electrons. The second-order valence-electron chi connectivity index (χ2n) is 4.48. The summed E-state index contributed by atoms with van der Waals surface area (Å²) >= 11 is 12.2. The van der Waals surface area contributed by atoms with Crippen LogP contribution < -0.4 is 0 Å². The third-order valence-corrected chi connectivity index (χ3v) is 3.78. The zero-order chi connectivity index (χ0) is 14.3. The van der Waals surface area contributed by atoms with Crippen molar-refractivity contribution in [3.63, 3.8) is 0 Å². The van der Waals surface area contributed by atoms with E-state index in [0.717, 1.165) is 23.4 Å². The van der Waals surface area contributed by atoms with Gasteiger partial charge in [0.25, 0.3) is 0 Å². The van der Waals surface area contributed by atoms with E-state index < -0.39 is 0 Å². The van der Waals surface area contributed by atoms with Gasteiger partial charge >= 0.3 is 0 Å². The topological polar surface area (TPSA) is 38.0 Å². The molecule has 5 heteroatoms. The summed E-state index contributed by atoms with van der Waals surface area (Å²) in [5.74, 6) is 0.891. The van der Waals surface area contributed by atoms with Crippen molar-refractivity contribution in [2.24, 2.45) is 0 Å². The van der Waals surface area contributed by atoms with E-state index in [1.807, 2.05) is 29.7 Å². The third kappa shape index (κ3) is 2.13. The van der Waals surface area contributed by atoms with Crippen molar-refractivity contribution in [1.82, 2.24) is 9.55 Å². The normalized spacial score (nSPS) is 11.2. The maximum absolute atomic E-state index is 9.66. The van der Waals surface area contributed by atoms with Crippen LogP contribution in [-0.4, -0.2) is 14.7 Å². The number of hydrogen-bond acceptors (Lipinski definition) is 2. The Kier molecular flexibility index (Phi) is 3.32. The van der Waals surface area contributed by atoms with Crippen LogP contribution in [0.4, 0.5) is 0 Å². The van der Waals surface area contributed by atoms with Gasteiger partial charge in [-0.1, -0.05) is 23.2 Å². The number of hydrogen-bond donors (Lipinski definition) is 1. The summed E-state index contributed by atoms with van der Waals surface area (Å²) in [4.78, 5) is 4.60. The lowest BCUT2D eigenvalue weighted by molar-refractivity contribution is 0.475. The lowest BCUT2D eigenvalue weighted by atomic mass is 10.2. The predicted molar refractivity (Wildman–Crippen MR) is 82.5 cm³/mol. The minimum absolute atomic E-state index is 0.164. The van der Waals surface area contributed by atoms with E-state index in [4.69, 9.17) is 23.2 Å². The Hall–Kier alpha value is -1.71. The number of fused-ring (bicyclic) bond motifs is 1. The van der Waals surface area contributed by atoms with Gasteiger partial charge in [-0.15, -0.1) is 0 Å². The molecular formula is C15H12Cl2N2O. The number of halogens is 2. The molecule has 0 aliphatic heterocycles. The molecule has 0 bridgehead atoms. The molecule has 1 N–H and O–H groups in total. The summed E-state index contributed by atoms with van der Waals surface area (Å²) in [5.41, 5.74) is 2.51. The maximum Gasteiger partial charge on any atom is 0.142 e. The Morgan fingerprint density at radius 1 is 1.15 bits per heavy atom. The van der Waals surface area contributed by atoms with E-state index in [-0.39, 0.29) is 5.75 Å². The Morgan fingerprint density at radius 2 is 1.95 bits per heavy atom. The highest BCUT2D eigenvalue weighted by molar-refractivity contribution is 6.33. The first kappa shape index (κ1) is 13.3. The number of aryl methyl sites for hydroxylation is 1. The molecule has 0 aliphatic carbocycles. The summed E-state index contributed by atoms with van der Waals surface area (Å²) < 4.78 is 2.05. The number of rotatable bonds is 2. The van der Waals surface area contributed by atoms with Crippen LogP contribution in [0.3, 0.4) is 0 Å². The minimum Gasteiger partial charge on any atom is -0.508 e. The fraction of sp³-hybridized carbons (Fsp3) is 0.133. The molecule has 0 amide bonds. The van der Waals surface area contributed by atoms with Gasteiger partial charge in [0.1, 0.15) is 11.6 Å². The molecule has 0 spiro atoms. The van der Waals surface area contributed by atoms with Crippen LogP contribution in [0.15, 0.2) is 36.4 Å². The molecule has 0 fully saturated rings. The van der Waals surface area contributed by atoms with E-state index >= 15 is 0 Å². The van der Waals surface area contributed by atoms with Crippen molar-refractivity contribution in [3.05, 3.63) is 46.4 Å². The Labute approximate surface area is 126 Å². The summed E-state index contributed by atoms with van der Waals surface area (Å²) in [6.07, 6.45) is 0. The van der Waals surface area contributed by atoms with E-state index in [1.165, 1.54) is 0 Å². The van der Waals surface area contributed by atoms with Gasteiger partial charge in [-0.05, 0) is 43.3 Å². The molecule has 0 aliphatic rings. The van der Waals surface area contributed by atoms with E-state index in [1.54, 1.807) is 18.2 Å². The summed E-state index contributed by atoms with van der Waals surface area (Å²) in [6, 6.07) is 10.4. The van der Waals surface area contributed by atoms with Crippen molar-refractivity contribution in [2.45, 2.75) is 13.5 Å².